The van der Waals surface area contributed by atoms with Gasteiger partial charge in [0.1, 0.15) is 12.4 Å². The van der Waals surface area contributed by atoms with Gasteiger partial charge in [-0.1, -0.05) is 74.5 Å². The van der Waals surface area contributed by atoms with Crippen molar-refractivity contribution < 1.29 is 14.3 Å². The first-order valence-corrected chi connectivity index (χ1v) is 10.0. The number of esters is 1. The normalized spacial score (nSPS) is 10.8. The first-order chi connectivity index (χ1) is 14.1. The highest BCUT2D eigenvalue weighted by atomic mass is 16.5. The molecule has 0 aliphatic rings. The first kappa shape index (κ1) is 20.7. The van der Waals surface area contributed by atoms with Crippen molar-refractivity contribution in [3.8, 4) is 5.75 Å². The summed E-state index contributed by atoms with van der Waals surface area (Å²) >= 11 is 0. The number of aryl methyl sites for hydroxylation is 2. The van der Waals surface area contributed by atoms with Crippen LogP contribution in [0.2, 0.25) is 0 Å². The number of ether oxygens (including phenoxy) is 2. The summed E-state index contributed by atoms with van der Waals surface area (Å²) in [5.41, 5.74) is 5.22. The highest BCUT2D eigenvalue weighted by Crippen LogP contribution is 2.32. The molecule has 3 heteroatoms. The van der Waals surface area contributed by atoms with E-state index in [9.17, 15) is 4.79 Å². The quantitative estimate of drug-likeness (QED) is 0.447. The number of hydrogen-bond donors (Lipinski definition) is 0. The van der Waals surface area contributed by atoms with Gasteiger partial charge in [0.2, 0.25) is 0 Å². The summed E-state index contributed by atoms with van der Waals surface area (Å²) in [6.45, 7) is 4.77. The van der Waals surface area contributed by atoms with Crippen molar-refractivity contribution in [3.05, 3.63) is 101 Å². The van der Waals surface area contributed by atoms with Gasteiger partial charge in [-0.2, -0.15) is 0 Å². The van der Waals surface area contributed by atoms with Gasteiger partial charge < -0.3 is 9.47 Å². The first-order valence-electron chi connectivity index (χ1n) is 10.0. The third-order valence-corrected chi connectivity index (χ3v) is 5.01. The number of methoxy groups -OCH3 is 1. The fourth-order valence-electron chi connectivity index (χ4n) is 3.42. The lowest BCUT2D eigenvalue weighted by molar-refractivity contribution is 0.0600. The standard InChI is InChI=1S/C26H28O3/c1-19(2)24-14-8-12-22(16-15-20-9-5-4-6-10-20)25(24)29-18-21-11-7-13-23(17-21)26(27)28-3/h4-14,17,19H,15-16,18H2,1-3H3. The Balaban J connectivity index is 1.80. The average Bonchev–Trinajstić information content (AvgIpc) is 2.76. The molecule has 150 valence electrons. The van der Waals surface area contributed by atoms with E-state index < -0.39 is 0 Å². The molecule has 0 unspecified atom stereocenters. The van der Waals surface area contributed by atoms with Crippen molar-refractivity contribution >= 4 is 5.97 Å². The molecule has 0 heterocycles. The van der Waals surface area contributed by atoms with Gasteiger partial charge in [-0.3, -0.25) is 0 Å². The van der Waals surface area contributed by atoms with E-state index in [0.29, 0.717) is 18.1 Å². The van der Waals surface area contributed by atoms with Gasteiger partial charge in [0.05, 0.1) is 12.7 Å². The molecule has 0 radical (unpaired) electrons. The molecule has 0 atom stereocenters. The maximum Gasteiger partial charge on any atom is 0.337 e. The zero-order valence-electron chi connectivity index (χ0n) is 17.4. The van der Waals surface area contributed by atoms with E-state index in [1.54, 1.807) is 6.07 Å². The minimum absolute atomic E-state index is 0.335. The third kappa shape index (κ3) is 5.47. The van der Waals surface area contributed by atoms with Crippen LogP contribution in [-0.4, -0.2) is 13.1 Å². The minimum Gasteiger partial charge on any atom is -0.488 e. The number of hydrogen-bond acceptors (Lipinski definition) is 3. The van der Waals surface area contributed by atoms with Crippen LogP contribution < -0.4 is 4.74 Å². The number of benzene rings is 3. The van der Waals surface area contributed by atoms with Crippen LogP contribution in [0.1, 0.15) is 52.4 Å². The molecule has 0 spiro atoms. The molecule has 3 rings (SSSR count). The van der Waals surface area contributed by atoms with E-state index in [4.69, 9.17) is 9.47 Å². The minimum atomic E-state index is -0.335. The number of rotatable bonds is 8. The largest absolute Gasteiger partial charge is 0.488 e. The van der Waals surface area contributed by atoms with Gasteiger partial charge in [-0.25, -0.2) is 4.79 Å². The molecule has 0 fully saturated rings. The van der Waals surface area contributed by atoms with Crippen LogP contribution >= 0.6 is 0 Å². The summed E-state index contributed by atoms with van der Waals surface area (Å²) in [4.78, 5) is 11.8. The summed E-state index contributed by atoms with van der Waals surface area (Å²) < 4.78 is 11.1. The topological polar surface area (TPSA) is 35.5 Å². The Hall–Kier alpha value is -3.07. The zero-order valence-corrected chi connectivity index (χ0v) is 17.4. The van der Waals surface area contributed by atoms with Gasteiger partial charge in [0, 0.05) is 0 Å². The van der Waals surface area contributed by atoms with E-state index in [-0.39, 0.29) is 5.97 Å². The summed E-state index contributed by atoms with van der Waals surface area (Å²) in [6.07, 6.45) is 1.89. The fourth-order valence-corrected chi connectivity index (χ4v) is 3.42. The van der Waals surface area contributed by atoms with Crippen LogP contribution in [0, 0.1) is 0 Å². The highest BCUT2D eigenvalue weighted by molar-refractivity contribution is 5.89. The lowest BCUT2D eigenvalue weighted by Gasteiger charge is -2.18. The lowest BCUT2D eigenvalue weighted by Crippen LogP contribution is -2.06. The molecule has 0 saturated heterocycles. The summed E-state index contributed by atoms with van der Waals surface area (Å²) in [7, 11) is 1.39. The van der Waals surface area contributed by atoms with Crippen LogP contribution in [0.15, 0.2) is 72.8 Å². The van der Waals surface area contributed by atoms with Crippen molar-refractivity contribution in [2.45, 2.75) is 39.2 Å². The van der Waals surface area contributed by atoms with Crippen molar-refractivity contribution in [2.75, 3.05) is 7.11 Å². The lowest BCUT2D eigenvalue weighted by atomic mass is 9.96. The summed E-state index contributed by atoms with van der Waals surface area (Å²) in [6, 6.07) is 24.3. The van der Waals surface area contributed by atoms with E-state index in [1.165, 1.54) is 23.8 Å². The second kappa shape index (κ2) is 9.92. The fraction of sp³-hybridized carbons (Fsp3) is 0.269. The van der Waals surface area contributed by atoms with Crippen molar-refractivity contribution in [2.24, 2.45) is 0 Å². The average molecular weight is 389 g/mol. The Morgan fingerprint density at radius 1 is 0.862 bits per heavy atom. The Labute approximate surface area is 173 Å². The van der Waals surface area contributed by atoms with E-state index >= 15 is 0 Å². The van der Waals surface area contributed by atoms with Crippen LogP contribution in [0.5, 0.6) is 5.75 Å². The van der Waals surface area contributed by atoms with Crippen molar-refractivity contribution in [1.29, 1.82) is 0 Å². The van der Waals surface area contributed by atoms with Gasteiger partial charge in [-0.05, 0) is 53.1 Å². The molecule has 0 N–H and O–H groups in total. The Morgan fingerprint density at radius 2 is 1.59 bits per heavy atom. The second-order valence-corrected chi connectivity index (χ2v) is 7.46. The molecular formula is C26H28O3. The Bertz CT molecular complexity index is 945. The molecular weight excluding hydrogens is 360 g/mol. The number of carbonyl (C=O) groups excluding carboxylic acids is 1. The molecule has 0 aliphatic heterocycles. The van der Waals surface area contributed by atoms with E-state index in [2.05, 4.69) is 56.3 Å². The smallest absolute Gasteiger partial charge is 0.337 e. The monoisotopic (exact) mass is 388 g/mol. The summed E-state index contributed by atoms with van der Waals surface area (Å²) in [5, 5.41) is 0. The second-order valence-electron chi connectivity index (χ2n) is 7.46. The molecule has 3 aromatic carbocycles. The van der Waals surface area contributed by atoms with Gasteiger partial charge in [-0.15, -0.1) is 0 Å². The maximum absolute atomic E-state index is 11.8. The predicted molar refractivity (Wildman–Crippen MR) is 116 cm³/mol. The zero-order chi connectivity index (χ0) is 20.6. The van der Waals surface area contributed by atoms with E-state index in [0.717, 1.165) is 24.2 Å². The number of para-hydroxylation sites is 1. The molecule has 0 aliphatic carbocycles. The third-order valence-electron chi connectivity index (χ3n) is 5.01. The van der Waals surface area contributed by atoms with Crippen LogP contribution in [0.4, 0.5) is 0 Å². The molecule has 0 bridgehead atoms. The van der Waals surface area contributed by atoms with Gasteiger partial charge >= 0.3 is 5.97 Å². The van der Waals surface area contributed by atoms with Crippen LogP contribution in [0.25, 0.3) is 0 Å². The molecule has 0 amide bonds. The van der Waals surface area contributed by atoms with Gasteiger partial charge in [0.15, 0.2) is 0 Å². The Morgan fingerprint density at radius 3 is 2.31 bits per heavy atom. The highest BCUT2D eigenvalue weighted by Gasteiger charge is 2.14. The van der Waals surface area contributed by atoms with Crippen molar-refractivity contribution in [3.63, 3.8) is 0 Å². The Kier molecular flexibility index (Phi) is 7.07. The maximum atomic E-state index is 11.8. The van der Waals surface area contributed by atoms with Gasteiger partial charge in [0.25, 0.3) is 0 Å². The van der Waals surface area contributed by atoms with Crippen LogP contribution in [-0.2, 0) is 24.2 Å². The van der Waals surface area contributed by atoms with Crippen LogP contribution in [0.3, 0.4) is 0 Å². The SMILES string of the molecule is COC(=O)c1cccc(COc2c(CCc3ccccc3)cccc2C(C)C)c1. The van der Waals surface area contributed by atoms with E-state index in [1.807, 2.05) is 24.3 Å². The number of carbonyl (C=O) groups is 1. The molecule has 0 saturated carbocycles. The summed E-state index contributed by atoms with van der Waals surface area (Å²) in [5.74, 6) is 0.989. The molecule has 29 heavy (non-hydrogen) atoms. The predicted octanol–water partition coefficient (Wildman–Crippen LogP) is 5.96. The molecule has 0 aromatic heterocycles. The molecule has 3 aromatic rings. The van der Waals surface area contributed by atoms with Crippen molar-refractivity contribution in [1.82, 2.24) is 0 Å². The molecule has 3 nitrogen and oxygen atoms in total.